The second kappa shape index (κ2) is 3.18. The fourth-order valence-corrected chi connectivity index (χ4v) is 1.27. The van der Waals surface area contributed by atoms with E-state index in [0.29, 0.717) is 5.69 Å². The highest BCUT2D eigenvalue weighted by molar-refractivity contribution is 5.73. The number of hydrogen-bond donors (Lipinski definition) is 1. The van der Waals surface area contributed by atoms with Crippen molar-refractivity contribution in [3.05, 3.63) is 24.3 Å². The van der Waals surface area contributed by atoms with Gasteiger partial charge in [-0.15, -0.1) is 0 Å². The largest absolute Gasteiger partial charge is 0.365 e. The fourth-order valence-electron chi connectivity index (χ4n) is 1.27. The highest BCUT2D eigenvalue weighted by Crippen LogP contribution is 2.31. The van der Waals surface area contributed by atoms with Gasteiger partial charge in [-0.3, -0.25) is 0 Å². The summed E-state index contributed by atoms with van der Waals surface area (Å²) < 4.78 is 23.8. The van der Waals surface area contributed by atoms with Crippen LogP contribution in [-0.4, -0.2) is 13.3 Å². The lowest BCUT2D eigenvalue weighted by molar-refractivity contribution is -0.137. The summed E-state index contributed by atoms with van der Waals surface area (Å²) in [6.45, 7) is -2.53. The first-order valence-electron chi connectivity index (χ1n) is 3.83. The summed E-state index contributed by atoms with van der Waals surface area (Å²) >= 11 is 0. The van der Waals surface area contributed by atoms with E-state index in [-0.39, 0.29) is 6.67 Å². The summed E-state index contributed by atoms with van der Waals surface area (Å²) in [5.74, 6) is 0. The second-order valence-electron chi connectivity index (χ2n) is 2.60. The van der Waals surface area contributed by atoms with E-state index in [4.69, 9.17) is 0 Å². The van der Waals surface area contributed by atoms with Crippen LogP contribution in [-0.2, 0) is 4.84 Å². The molecule has 0 radical (unpaired) electrons. The molecule has 0 bridgehead atoms. The molecule has 0 fully saturated rings. The van der Waals surface area contributed by atoms with Crippen LogP contribution >= 0.6 is 0 Å². The fraction of sp³-hybridized carbons (Fsp3) is 0.250. The first kappa shape index (κ1) is 8.25. The number of anilines is 2. The van der Waals surface area contributed by atoms with Gasteiger partial charge >= 0.3 is 6.61 Å². The van der Waals surface area contributed by atoms with Crippen molar-refractivity contribution in [3.8, 4) is 0 Å². The minimum atomic E-state index is -2.78. The molecular weight excluding hydrogens is 178 g/mol. The third-order valence-corrected chi connectivity index (χ3v) is 1.79. The van der Waals surface area contributed by atoms with Gasteiger partial charge in [0, 0.05) is 0 Å². The van der Waals surface area contributed by atoms with E-state index in [1.54, 1.807) is 12.1 Å². The molecule has 70 valence electrons. The lowest BCUT2D eigenvalue weighted by Crippen LogP contribution is -2.25. The van der Waals surface area contributed by atoms with Crippen LogP contribution in [0.4, 0.5) is 20.2 Å². The van der Waals surface area contributed by atoms with Crippen molar-refractivity contribution in [2.75, 3.05) is 17.0 Å². The molecule has 1 N–H and O–H groups in total. The Morgan fingerprint density at radius 3 is 2.92 bits per heavy atom. The van der Waals surface area contributed by atoms with Gasteiger partial charge in [0.25, 0.3) is 0 Å². The predicted molar refractivity (Wildman–Crippen MR) is 44.5 cm³/mol. The number of alkyl halides is 2. The highest BCUT2D eigenvalue weighted by atomic mass is 19.3. The Morgan fingerprint density at radius 1 is 1.38 bits per heavy atom. The lowest BCUT2D eigenvalue weighted by Gasteiger charge is -2.15. The number of nitrogens with one attached hydrogen (secondary N) is 1. The molecule has 0 amide bonds. The van der Waals surface area contributed by atoms with Gasteiger partial charge in [-0.25, -0.2) is 9.90 Å². The minimum Gasteiger partial charge on any atom is -0.364 e. The Kier molecular flexibility index (Phi) is 2.02. The maximum atomic E-state index is 11.9. The van der Waals surface area contributed by atoms with Crippen LogP contribution < -0.4 is 10.4 Å². The van der Waals surface area contributed by atoms with Crippen molar-refractivity contribution in [2.24, 2.45) is 0 Å². The van der Waals surface area contributed by atoms with Gasteiger partial charge in [0.2, 0.25) is 0 Å². The van der Waals surface area contributed by atoms with E-state index in [9.17, 15) is 8.78 Å². The number of benzene rings is 1. The normalized spacial score (nSPS) is 14.5. The molecule has 1 aromatic carbocycles. The average molecular weight is 186 g/mol. The summed E-state index contributed by atoms with van der Waals surface area (Å²) in [5.41, 5.74) is 1.45. The van der Waals surface area contributed by atoms with Crippen molar-refractivity contribution in [1.82, 2.24) is 0 Å². The Balaban J connectivity index is 2.18. The minimum absolute atomic E-state index is 0.254. The van der Waals surface area contributed by atoms with Crippen molar-refractivity contribution in [2.45, 2.75) is 6.61 Å². The number of hydrogen-bond acceptors (Lipinski definition) is 3. The molecule has 0 unspecified atom stereocenters. The number of nitrogens with zero attached hydrogens (tertiary/aromatic N) is 1. The SMILES string of the molecule is FC(F)ON1CNc2ccccc21. The van der Waals surface area contributed by atoms with Gasteiger partial charge in [-0.05, 0) is 12.1 Å². The van der Waals surface area contributed by atoms with Crippen LogP contribution in [0.2, 0.25) is 0 Å². The molecule has 0 aliphatic carbocycles. The molecule has 0 aromatic heterocycles. The van der Waals surface area contributed by atoms with Gasteiger partial charge in [0.15, 0.2) is 0 Å². The van der Waals surface area contributed by atoms with Gasteiger partial charge in [0.05, 0.1) is 11.4 Å². The van der Waals surface area contributed by atoms with Crippen LogP contribution in [0.25, 0.3) is 0 Å². The molecule has 1 heterocycles. The van der Waals surface area contributed by atoms with Gasteiger partial charge < -0.3 is 5.32 Å². The smallest absolute Gasteiger partial charge is 0.364 e. The number of para-hydroxylation sites is 2. The third kappa shape index (κ3) is 1.55. The summed E-state index contributed by atoms with van der Waals surface area (Å²) in [6, 6.07) is 7.13. The number of hydroxylamine groups is 1. The zero-order chi connectivity index (χ0) is 9.26. The number of halogens is 2. The van der Waals surface area contributed by atoms with E-state index < -0.39 is 6.61 Å². The molecule has 0 saturated heterocycles. The second-order valence-corrected chi connectivity index (χ2v) is 2.60. The summed E-state index contributed by atoms with van der Waals surface area (Å²) in [7, 11) is 0. The van der Waals surface area contributed by atoms with Crippen molar-refractivity contribution >= 4 is 11.4 Å². The van der Waals surface area contributed by atoms with E-state index in [0.717, 1.165) is 10.8 Å². The molecule has 1 aliphatic rings. The average Bonchev–Trinajstić information content (AvgIpc) is 2.48. The molecule has 2 rings (SSSR count). The zero-order valence-electron chi connectivity index (χ0n) is 6.71. The van der Waals surface area contributed by atoms with Crippen LogP contribution in [0.15, 0.2) is 24.3 Å². The molecular formula is C8H8F2N2O. The van der Waals surface area contributed by atoms with Crippen molar-refractivity contribution in [1.29, 1.82) is 0 Å². The molecule has 13 heavy (non-hydrogen) atoms. The lowest BCUT2D eigenvalue weighted by atomic mass is 10.3. The first-order valence-corrected chi connectivity index (χ1v) is 3.83. The quantitative estimate of drug-likeness (QED) is 0.764. The van der Waals surface area contributed by atoms with Gasteiger partial charge in [-0.2, -0.15) is 8.78 Å². The van der Waals surface area contributed by atoms with Crippen LogP contribution in [0.1, 0.15) is 0 Å². The number of fused-ring (bicyclic) bond motifs is 1. The maximum Gasteiger partial charge on any atom is 0.365 e. The Hall–Kier alpha value is -1.36. The summed E-state index contributed by atoms with van der Waals surface area (Å²) in [4.78, 5) is 4.28. The van der Waals surface area contributed by atoms with Crippen LogP contribution in [0.3, 0.4) is 0 Å². The monoisotopic (exact) mass is 186 g/mol. The van der Waals surface area contributed by atoms with Crippen molar-refractivity contribution in [3.63, 3.8) is 0 Å². The van der Waals surface area contributed by atoms with Crippen molar-refractivity contribution < 1.29 is 13.6 Å². The Morgan fingerprint density at radius 2 is 2.15 bits per heavy atom. The summed E-state index contributed by atoms with van der Waals surface area (Å²) in [6.07, 6.45) is 0. The number of rotatable bonds is 2. The maximum absolute atomic E-state index is 11.9. The Labute approximate surface area is 73.9 Å². The van der Waals surface area contributed by atoms with Gasteiger partial charge in [0.1, 0.15) is 6.67 Å². The van der Waals surface area contributed by atoms with Gasteiger partial charge in [-0.1, -0.05) is 12.1 Å². The van der Waals surface area contributed by atoms with E-state index in [1.165, 1.54) is 0 Å². The molecule has 1 aromatic rings. The Bertz CT molecular complexity index is 306. The molecule has 0 spiro atoms. The van der Waals surface area contributed by atoms with E-state index >= 15 is 0 Å². The standard InChI is InChI=1S/C8H8F2N2O/c9-8(10)13-12-5-11-6-3-1-2-4-7(6)12/h1-4,8,11H,5H2. The van der Waals surface area contributed by atoms with E-state index in [1.807, 2.05) is 12.1 Å². The molecule has 5 heteroatoms. The zero-order valence-corrected chi connectivity index (χ0v) is 6.71. The molecule has 3 nitrogen and oxygen atoms in total. The molecule has 0 atom stereocenters. The molecule has 1 aliphatic heterocycles. The van der Waals surface area contributed by atoms with Crippen LogP contribution in [0, 0.1) is 0 Å². The first-order chi connectivity index (χ1) is 6.27. The summed E-state index contributed by atoms with van der Waals surface area (Å²) in [5, 5.41) is 4.06. The highest BCUT2D eigenvalue weighted by Gasteiger charge is 2.21. The van der Waals surface area contributed by atoms with E-state index in [2.05, 4.69) is 10.2 Å². The van der Waals surface area contributed by atoms with Crippen LogP contribution in [0.5, 0.6) is 0 Å². The molecule has 0 saturated carbocycles. The topological polar surface area (TPSA) is 24.5 Å². The predicted octanol–water partition coefficient (Wildman–Crippen LogP) is 2.03. The third-order valence-electron chi connectivity index (χ3n) is 1.79.